The van der Waals surface area contributed by atoms with Gasteiger partial charge >= 0.3 is 0 Å². The molecule has 0 spiro atoms. The van der Waals surface area contributed by atoms with E-state index in [-0.39, 0.29) is 29.9 Å². The minimum atomic E-state index is -0.709. The van der Waals surface area contributed by atoms with Gasteiger partial charge in [0.25, 0.3) is 0 Å². The Balaban J connectivity index is 1.65. The van der Waals surface area contributed by atoms with Crippen LogP contribution in [0.2, 0.25) is 0 Å². The van der Waals surface area contributed by atoms with Gasteiger partial charge in [0.2, 0.25) is 17.1 Å². The van der Waals surface area contributed by atoms with Crippen molar-refractivity contribution in [3.8, 4) is 5.75 Å². The summed E-state index contributed by atoms with van der Waals surface area (Å²) in [5.41, 5.74) is 0.747. The van der Waals surface area contributed by atoms with Crippen LogP contribution >= 0.6 is 11.8 Å². The number of nitrogens with zero attached hydrogens (tertiary/aromatic N) is 2. The van der Waals surface area contributed by atoms with Gasteiger partial charge in [0.1, 0.15) is 11.6 Å². The average molecular weight is 484 g/mol. The van der Waals surface area contributed by atoms with Crippen LogP contribution in [0, 0.1) is 12.8 Å². The van der Waals surface area contributed by atoms with Crippen molar-refractivity contribution in [2.45, 2.75) is 57.9 Å². The molecule has 1 amide bonds. The molecule has 182 valence electrons. The topological polar surface area (TPSA) is 97.4 Å². The highest BCUT2D eigenvalue weighted by Gasteiger charge is 2.42. The largest absolute Gasteiger partial charge is 0.502 e. The number of aromatic hydroxyl groups is 1. The quantitative estimate of drug-likeness (QED) is 0.510. The molecule has 0 unspecified atom stereocenters. The lowest BCUT2D eigenvalue weighted by molar-refractivity contribution is -0.123. The van der Waals surface area contributed by atoms with Crippen molar-refractivity contribution < 1.29 is 14.3 Å². The number of imidazole rings is 1. The molecule has 1 aliphatic heterocycles. The molecule has 7 nitrogen and oxygen atoms in total. The van der Waals surface area contributed by atoms with Gasteiger partial charge < -0.3 is 19.4 Å². The van der Waals surface area contributed by atoms with E-state index >= 15 is 0 Å². The molecule has 1 fully saturated rings. The maximum atomic E-state index is 13.5. The summed E-state index contributed by atoms with van der Waals surface area (Å²) in [7, 11) is 1.98. The van der Waals surface area contributed by atoms with Crippen LogP contribution in [0.15, 0.2) is 39.5 Å². The van der Waals surface area contributed by atoms with Crippen LogP contribution < -0.4 is 10.7 Å². The van der Waals surface area contributed by atoms with E-state index in [1.807, 2.05) is 47.6 Å². The SMILES string of the molecule is Cc1cc(=O)c(O)c(C2(CC(=O)N[C@@H](CC(C)C)c3nc4ccccc4n3C)CCSCC2)o1. The van der Waals surface area contributed by atoms with E-state index in [2.05, 4.69) is 19.2 Å². The molecule has 0 saturated carbocycles. The maximum Gasteiger partial charge on any atom is 0.227 e. The minimum Gasteiger partial charge on any atom is -0.502 e. The van der Waals surface area contributed by atoms with Crippen molar-refractivity contribution in [2.24, 2.45) is 13.0 Å². The standard InChI is InChI=1S/C26H33N3O4S/c1-16(2)13-19(25-28-18-7-5-6-8-20(18)29(25)4)27-22(31)15-26(9-11-34-12-10-26)24-23(32)21(30)14-17(3)33-24/h5-8,14,16,19,32H,9-13,15H2,1-4H3,(H,27,31)/t19-/m0/s1. The van der Waals surface area contributed by atoms with Crippen LogP contribution in [0.1, 0.15) is 62.9 Å². The highest BCUT2D eigenvalue weighted by Crippen LogP contribution is 2.44. The van der Waals surface area contributed by atoms with E-state index in [0.29, 0.717) is 24.5 Å². The predicted octanol–water partition coefficient (Wildman–Crippen LogP) is 4.60. The molecule has 3 aromatic rings. The zero-order valence-corrected chi connectivity index (χ0v) is 21.1. The molecular weight excluding hydrogens is 450 g/mol. The number of aryl methyl sites for hydroxylation is 2. The van der Waals surface area contributed by atoms with Crippen LogP contribution in [0.5, 0.6) is 5.75 Å². The summed E-state index contributed by atoms with van der Waals surface area (Å²) in [6.07, 6.45) is 2.21. The number of para-hydroxylation sites is 2. The first kappa shape index (κ1) is 24.4. The molecule has 2 N–H and O–H groups in total. The number of aromatic nitrogens is 2. The molecule has 1 saturated heterocycles. The first-order valence-electron chi connectivity index (χ1n) is 11.8. The molecule has 1 atom stereocenters. The van der Waals surface area contributed by atoms with Crippen LogP contribution in [-0.4, -0.2) is 32.1 Å². The van der Waals surface area contributed by atoms with Gasteiger partial charge in [-0.2, -0.15) is 11.8 Å². The summed E-state index contributed by atoms with van der Waals surface area (Å²) in [5, 5.41) is 13.8. The Hall–Kier alpha value is -2.74. The number of thioether (sulfide) groups is 1. The Labute approximate surface area is 204 Å². The van der Waals surface area contributed by atoms with Crippen LogP contribution in [0.4, 0.5) is 0 Å². The first-order chi connectivity index (χ1) is 16.2. The second kappa shape index (κ2) is 9.86. The Kier molecular flexibility index (Phi) is 7.07. The summed E-state index contributed by atoms with van der Waals surface area (Å²) < 4.78 is 7.93. The van der Waals surface area contributed by atoms with Gasteiger partial charge in [0, 0.05) is 24.9 Å². The molecular formula is C26H33N3O4S. The molecule has 34 heavy (non-hydrogen) atoms. The van der Waals surface area contributed by atoms with Crippen LogP contribution in [0.25, 0.3) is 11.0 Å². The third kappa shape index (κ3) is 4.87. The molecule has 4 rings (SSSR count). The number of benzene rings is 1. The fourth-order valence-corrected chi connectivity index (χ4v) is 6.21. The third-order valence-corrected chi connectivity index (χ3v) is 7.64. The number of carbonyl (C=O) groups is 1. The lowest BCUT2D eigenvalue weighted by Gasteiger charge is -2.36. The highest BCUT2D eigenvalue weighted by atomic mass is 32.2. The Bertz CT molecular complexity index is 1240. The predicted molar refractivity (Wildman–Crippen MR) is 135 cm³/mol. The lowest BCUT2D eigenvalue weighted by atomic mass is 9.75. The summed E-state index contributed by atoms with van der Waals surface area (Å²) >= 11 is 1.81. The van der Waals surface area contributed by atoms with E-state index in [0.717, 1.165) is 34.8 Å². The third-order valence-electron chi connectivity index (χ3n) is 6.65. The molecule has 0 aliphatic carbocycles. The smallest absolute Gasteiger partial charge is 0.227 e. The minimum absolute atomic E-state index is 0.131. The van der Waals surface area contributed by atoms with Crippen LogP contribution in [-0.2, 0) is 17.3 Å². The number of amides is 1. The lowest BCUT2D eigenvalue weighted by Crippen LogP contribution is -2.40. The van der Waals surface area contributed by atoms with E-state index < -0.39 is 10.8 Å². The van der Waals surface area contributed by atoms with Gasteiger partial charge in [-0.1, -0.05) is 26.0 Å². The van der Waals surface area contributed by atoms with Gasteiger partial charge in [-0.05, 0) is 55.7 Å². The summed E-state index contributed by atoms with van der Waals surface area (Å²) in [4.78, 5) is 30.6. The molecule has 0 bridgehead atoms. The summed E-state index contributed by atoms with van der Waals surface area (Å²) in [5.74, 6) is 3.03. The molecule has 0 radical (unpaired) electrons. The van der Waals surface area contributed by atoms with Gasteiger partial charge in [-0.25, -0.2) is 4.98 Å². The molecule has 8 heteroatoms. The first-order valence-corrected chi connectivity index (χ1v) is 13.0. The average Bonchev–Trinajstić information content (AvgIpc) is 3.12. The number of hydrogen-bond donors (Lipinski definition) is 2. The zero-order chi connectivity index (χ0) is 24.5. The number of hydrogen-bond acceptors (Lipinski definition) is 6. The van der Waals surface area contributed by atoms with Gasteiger partial charge in [0.15, 0.2) is 5.76 Å². The Morgan fingerprint density at radius 1 is 1.29 bits per heavy atom. The van der Waals surface area contributed by atoms with Crippen molar-refractivity contribution in [3.63, 3.8) is 0 Å². The van der Waals surface area contributed by atoms with Crippen molar-refractivity contribution in [1.29, 1.82) is 0 Å². The maximum absolute atomic E-state index is 13.5. The van der Waals surface area contributed by atoms with Gasteiger partial charge in [-0.3, -0.25) is 9.59 Å². The van der Waals surface area contributed by atoms with E-state index in [4.69, 9.17) is 9.40 Å². The Morgan fingerprint density at radius 3 is 2.68 bits per heavy atom. The normalized spacial score (nSPS) is 16.6. The fraction of sp³-hybridized carbons (Fsp3) is 0.500. The number of rotatable bonds is 7. The number of carbonyl (C=O) groups excluding carboxylic acids is 1. The second-order valence-corrected chi connectivity index (χ2v) is 11.0. The number of nitrogens with one attached hydrogen (secondary N) is 1. The highest BCUT2D eigenvalue weighted by molar-refractivity contribution is 7.99. The summed E-state index contributed by atoms with van der Waals surface area (Å²) in [6, 6.07) is 8.98. The molecule has 1 aliphatic rings. The molecule has 1 aromatic carbocycles. The van der Waals surface area contributed by atoms with Crippen molar-refractivity contribution in [2.75, 3.05) is 11.5 Å². The second-order valence-electron chi connectivity index (χ2n) is 9.74. The zero-order valence-electron chi connectivity index (χ0n) is 20.3. The fourth-order valence-electron chi connectivity index (χ4n) is 4.94. The van der Waals surface area contributed by atoms with E-state index in [9.17, 15) is 14.7 Å². The van der Waals surface area contributed by atoms with Gasteiger partial charge in [0.05, 0.1) is 17.1 Å². The van der Waals surface area contributed by atoms with Gasteiger partial charge in [-0.15, -0.1) is 0 Å². The monoisotopic (exact) mass is 483 g/mol. The van der Waals surface area contributed by atoms with E-state index in [1.54, 1.807) is 6.92 Å². The Morgan fingerprint density at radius 2 is 2.00 bits per heavy atom. The summed E-state index contributed by atoms with van der Waals surface area (Å²) in [6.45, 7) is 5.95. The van der Waals surface area contributed by atoms with Crippen molar-refractivity contribution in [3.05, 3.63) is 57.9 Å². The van der Waals surface area contributed by atoms with E-state index in [1.165, 1.54) is 6.07 Å². The van der Waals surface area contributed by atoms with Crippen molar-refractivity contribution in [1.82, 2.24) is 14.9 Å². The molecule has 3 heterocycles. The van der Waals surface area contributed by atoms with Crippen molar-refractivity contribution >= 4 is 28.7 Å². The number of fused-ring (bicyclic) bond motifs is 1. The van der Waals surface area contributed by atoms with Crippen LogP contribution in [0.3, 0.4) is 0 Å². The molecule has 2 aromatic heterocycles.